The highest BCUT2D eigenvalue weighted by atomic mass is 79.9. The van der Waals surface area contributed by atoms with E-state index >= 15 is 0 Å². The zero-order valence-corrected chi connectivity index (χ0v) is 13.2. The first-order chi connectivity index (χ1) is 8.49. The van der Waals surface area contributed by atoms with Gasteiger partial charge in [-0.15, -0.1) is 0 Å². The van der Waals surface area contributed by atoms with Crippen molar-refractivity contribution in [2.45, 2.75) is 46.6 Å². The summed E-state index contributed by atoms with van der Waals surface area (Å²) in [4.78, 5) is 10.7. The standard InChI is InChI=1S/C13H23BrN4/c1-5-10(6-2)18(8-9(3)4)12-11(14)7-16-13(15)17-12/h7,9-10H,5-6,8H2,1-4H3,(H2,15,16,17). The highest BCUT2D eigenvalue weighted by molar-refractivity contribution is 9.10. The van der Waals surface area contributed by atoms with Crippen molar-refractivity contribution in [1.29, 1.82) is 0 Å². The average Bonchev–Trinajstić information content (AvgIpc) is 2.32. The molecule has 0 saturated carbocycles. The Balaban J connectivity index is 3.11. The van der Waals surface area contributed by atoms with Crippen LogP contribution in [-0.2, 0) is 0 Å². The molecule has 1 heterocycles. The zero-order valence-electron chi connectivity index (χ0n) is 11.7. The molecule has 0 atom stereocenters. The Bertz CT molecular complexity index is 377. The van der Waals surface area contributed by atoms with Crippen molar-refractivity contribution in [3.05, 3.63) is 10.7 Å². The molecule has 0 aliphatic carbocycles. The maximum atomic E-state index is 5.71. The summed E-state index contributed by atoms with van der Waals surface area (Å²) < 4.78 is 0.907. The number of nitrogens with two attached hydrogens (primary N) is 1. The van der Waals surface area contributed by atoms with Gasteiger partial charge in [0.05, 0.1) is 4.47 Å². The second-order valence-electron chi connectivity index (χ2n) is 4.92. The van der Waals surface area contributed by atoms with Crippen LogP contribution in [0.25, 0.3) is 0 Å². The summed E-state index contributed by atoms with van der Waals surface area (Å²) in [6.07, 6.45) is 3.92. The first-order valence-corrected chi connectivity index (χ1v) is 7.33. The van der Waals surface area contributed by atoms with Gasteiger partial charge in [-0.2, -0.15) is 4.98 Å². The molecular formula is C13H23BrN4. The van der Waals surface area contributed by atoms with Gasteiger partial charge in [0.1, 0.15) is 5.82 Å². The summed E-state index contributed by atoms with van der Waals surface area (Å²) in [5.74, 6) is 1.81. The van der Waals surface area contributed by atoms with Crippen LogP contribution in [-0.4, -0.2) is 22.6 Å². The largest absolute Gasteiger partial charge is 0.368 e. The lowest BCUT2D eigenvalue weighted by Gasteiger charge is -2.33. The van der Waals surface area contributed by atoms with Crippen molar-refractivity contribution < 1.29 is 0 Å². The molecule has 0 aromatic carbocycles. The Morgan fingerprint density at radius 1 is 1.33 bits per heavy atom. The quantitative estimate of drug-likeness (QED) is 0.873. The maximum Gasteiger partial charge on any atom is 0.222 e. The third-order valence-electron chi connectivity index (χ3n) is 2.96. The van der Waals surface area contributed by atoms with Crippen LogP contribution in [0.1, 0.15) is 40.5 Å². The number of hydrogen-bond acceptors (Lipinski definition) is 4. The van der Waals surface area contributed by atoms with Crippen LogP contribution in [0, 0.1) is 5.92 Å². The molecule has 0 bridgehead atoms. The van der Waals surface area contributed by atoms with Gasteiger partial charge in [0.2, 0.25) is 5.95 Å². The molecule has 102 valence electrons. The number of nitrogens with zero attached hydrogens (tertiary/aromatic N) is 3. The van der Waals surface area contributed by atoms with Crippen LogP contribution < -0.4 is 10.6 Å². The van der Waals surface area contributed by atoms with E-state index in [0.717, 1.165) is 29.7 Å². The molecule has 18 heavy (non-hydrogen) atoms. The Morgan fingerprint density at radius 2 is 1.94 bits per heavy atom. The fourth-order valence-corrected chi connectivity index (χ4v) is 2.52. The predicted octanol–water partition coefficient (Wildman–Crippen LogP) is 3.47. The monoisotopic (exact) mass is 314 g/mol. The van der Waals surface area contributed by atoms with Crippen molar-refractivity contribution in [2.75, 3.05) is 17.2 Å². The Labute approximate surface area is 118 Å². The number of halogens is 1. The van der Waals surface area contributed by atoms with Gasteiger partial charge in [0.15, 0.2) is 0 Å². The van der Waals surface area contributed by atoms with Crippen LogP contribution in [0.2, 0.25) is 0 Å². The van der Waals surface area contributed by atoms with E-state index in [0.29, 0.717) is 17.9 Å². The smallest absolute Gasteiger partial charge is 0.222 e. The number of hydrogen-bond donors (Lipinski definition) is 1. The fraction of sp³-hybridized carbons (Fsp3) is 0.692. The maximum absolute atomic E-state index is 5.71. The van der Waals surface area contributed by atoms with Crippen molar-refractivity contribution in [2.24, 2.45) is 5.92 Å². The van der Waals surface area contributed by atoms with Crippen molar-refractivity contribution in [3.63, 3.8) is 0 Å². The number of anilines is 2. The Morgan fingerprint density at radius 3 is 2.44 bits per heavy atom. The third-order valence-corrected chi connectivity index (χ3v) is 3.52. The van der Waals surface area contributed by atoms with Crippen molar-refractivity contribution >= 4 is 27.7 Å². The molecule has 1 rings (SSSR count). The van der Waals surface area contributed by atoms with Crippen LogP contribution in [0.15, 0.2) is 10.7 Å². The van der Waals surface area contributed by atoms with E-state index in [1.807, 2.05) is 0 Å². The van der Waals surface area contributed by atoms with E-state index in [-0.39, 0.29) is 0 Å². The molecule has 0 saturated heterocycles. The van der Waals surface area contributed by atoms with Gasteiger partial charge in [0.25, 0.3) is 0 Å². The molecule has 0 fully saturated rings. The van der Waals surface area contributed by atoms with E-state index < -0.39 is 0 Å². The zero-order chi connectivity index (χ0) is 13.7. The summed E-state index contributed by atoms with van der Waals surface area (Å²) in [5.41, 5.74) is 5.71. The molecule has 1 aromatic rings. The Kier molecular flexibility index (Phi) is 5.85. The minimum Gasteiger partial charge on any atom is -0.368 e. The highest BCUT2D eigenvalue weighted by Gasteiger charge is 2.20. The van der Waals surface area contributed by atoms with E-state index in [2.05, 4.69) is 58.5 Å². The van der Waals surface area contributed by atoms with E-state index in [4.69, 9.17) is 5.73 Å². The molecule has 0 radical (unpaired) electrons. The first-order valence-electron chi connectivity index (χ1n) is 6.54. The lowest BCUT2D eigenvalue weighted by Crippen LogP contribution is -2.38. The molecule has 0 aliphatic rings. The van der Waals surface area contributed by atoms with Gasteiger partial charge in [-0.05, 0) is 34.7 Å². The minimum atomic E-state index is 0.327. The SMILES string of the molecule is CCC(CC)N(CC(C)C)c1nc(N)ncc1Br. The summed E-state index contributed by atoms with van der Waals surface area (Å²) in [7, 11) is 0. The lowest BCUT2D eigenvalue weighted by molar-refractivity contribution is 0.502. The van der Waals surface area contributed by atoms with Crippen LogP contribution >= 0.6 is 15.9 Å². The molecule has 2 N–H and O–H groups in total. The molecule has 1 aromatic heterocycles. The Hall–Kier alpha value is -0.840. The molecule has 0 amide bonds. The number of aromatic nitrogens is 2. The van der Waals surface area contributed by atoms with Gasteiger partial charge in [-0.25, -0.2) is 4.98 Å². The van der Waals surface area contributed by atoms with Gasteiger partial charge in [-0.1, -0.05) is 27.7 Å². The normalized spacial score (nSPS) is 11.3. The predicted molar refractivity (Wildman–Crippen MR) is 80.7 cm³/mol. The average molecular weight is 315 g/mol. The summed E-state index contributed by atoms with van der Waals surface area (Å²) in [6, 6.07) is 0.484. The molecule has 4 nitrogen and oxygen atoms in total. The summed E-state index contributed by atoms with van der Waals surface area (Å²) in [5, 5.41) is 0. The minimum absolute atomic E-state index is 0.327. The van der Waals surface area contributed by atoms with E-state index in [1.54, 1.807) is 6.20 Å². The number of nitrogen functional groups attached to an aromatic ring is 1. The van der Waals surface area contributed by atoms with Gasteiger partial charge >= 0.3 is 0 Å². The van der Waals surface area contributed by atoms with Gasteiger partial charge in [-0.3, -0.25) is 0 Å². The lowest BCUT2D eigenvalue weighted by atomic mass is 10.1. The highest BCUT2D eigenvalue weighted by Crippen LogP contribution is 2.28. The second-order valence-corrected chi connectivity index (χ2v) is 5.77. The molecule has 5 heteroatoms. The third kappa shape index (κ3) is 3.83. The van der Waals surface area contributed by atoms with Crippen molar-refractivity contribution in [1.82, 2.24) is 9.97 Å². The first kappa shape index (κ1) is 15.2. The molecule has 0 aliphatic heterocycles. The van der Waals surface area contributed by atoms with Gasteiger partial charge in [0, 0.05) is 18.8 Å². The molecule has 0 unspecified atom stereocenters. The van der Waals surface area contributed by atoms with Gasteiger partial charge < -0.3 is 10.6 Å². The van der Waals surface area contributed by atoms with E-state index in [9.17, 15) is 0 Å². The van der Waals surface area contributed by atoms with Crippen LogP contribution in [0.5, 0.6) is 0 Å². The van der Waals surface area contributed by atoms with E-state index in [1.165, 1.54) is 0 Å². The molecule has 0 spiro atoms. The fourth-order valence-electron chi connectivity index (χ4n) is 2.10. The van der Waals surface area contributed by atoms with Crippen LogP contribution in [0.4, 0.5) is 11.8 Å². The van der Waals surface area contributed by atoms with Crippen molar-refractivity contribution in [3.8, 4) is 0 Å². The second kappa shape index (κ2) is 6.92. The number of rotatable bonds is 6. The van der Waals surface area contributed by atoms with Crippen LogP contribution in [0.3, 0.4) is 0 Å². The molecular weight excluding hydrogens is 292 g/mol. The topological polar surface area (TPSA) is 55.0 Å². The summed E-state index contributed by atoms with van der Waals surface area (Å²) in [6.45, 7) is 9.82. The summed E-state index contributed by atoms with van der Waals surface area (Å²) >= 11 is 3.53.